The maximum atomic E-state index is 12.4. The summed E-state index contributed by atoms with van der Waals surface area (Å²) in [6.45, 7) is 2.23. The molecule has 138 valence electrons. The highest BCUT2D eigenvalue weighted by Gasteiger charge is 2.41. The monoisotopic (exact) mass is 369 g/mol. The molecule has 2 aliphatic rings. The summed E-state index contributed by atoms with van der Waals surface area (Å²) < 4.78 is 30.9. The minimum absolute atomic E-state index is 0.0437. The Balaban J connectivity index is 1.75. The maximum absolute atomic E-state index is 12.4. The second-order valence-electron chi connectivity index (χ2n) is 6.76. The number of amides is 2. The molecule has 3 heterocycles. The number of sulfonamides is 1. The van der Waals surface area contributed by atoms with E-state index in [0.717, 1.165) is 30.1 Å². The van der Waals surface area contributed by atoms with Crippen LogP contribution in [-0.4, -0.2) is 62.2 Å². The average molecular weight is 369 g/mol. The van der Waals surface area contributed by atoms with Gasteiger partial charge in [0, 0.05) is 32.7 Å². The van der Waals surface area contributed by atoms with Gasteiger partial charge in [0.2, 0.25) is 15.9 Å². The van der Waals surface area contributed by atoms with Crippen LogP contribution in [0.2, 0.25) is 0 Å². The summed E-state index contributed by atoms with van der Waals surface area (Å²) in [5.41, 5.74) is 0. The number of rotatable bonds is 4. The predicted octanol–water partition coefficient (Wildman–Crippen LogP) is 0.722. The number of nitrogens with one attached hydrogen (secondary N) is 1. The Kier molecular flexibility index (Phi) is 4.63. The van der Waals surface area contributed by atoms with Gasteiger partial charge in [0.15, 0.2) is 5.76 Å². The lowest BCUT2D eigenvalue weighted by atomic mass is 10.0. The molecular formula is C16H23N3O5S. The van der Waals surface area contributed by atoms with Gasteiger partial charge in [-0.1, -0.05) is 0 Å². The predicted molar refractivity (Wildman–Crippen MR) is 89.5 cm³/mol. The highest BCUT2D eigenvalue weighted by atomic mass is 32.2. The van der Waals surface area contributed by atoms with Gasteiger partial charge in [-0.15, -0.1) is 0 Å². The number of aryl methyl sites for hydroxylation is 1. The van der Waals surface area contributed by atoms with Crippen molar-refractivity contribution in [1.82, 2.24) is 14.5 Å². The van der Waals surface area contributed by atoms with Crippen molar-refractivity contribution in [3.8, 4) is 0 Å². The second kappa shape index (κ2) is 6.45. The number of carbonyl (C=O) groups is 2. The molecule has 3 rings (SSSR count). The first-order chi connectivity index (χ1) is 11.7. The number of carbonyl (C=O) groups excluding carboxylic acids is 2. The van der Waals surface area contributed by atoms with Gasteiger partial charge in [-0.3, -0.25) is 9.59 Å². The molecule has 8 nitrogen and oxygen atoms in total. The molecular weight excluding hydrogens is 346 g/mol. The summed E-state index contributed by atoms with van der Waals surface area (Å²) in [7, 11) is -0.868. The number of hydrogen-bond donors (Lipinski definition) is 1. The standard InChI is InChI=1S/C16H23N3O5S/c1-10-14(25(22,23)18(2)3)9-13(24-10)15(20)17-12-8-11-6-4-5-7-19(11)16(12)21/h9,11-12H,4-8H2,1-3H3,(H,17,20). The molecule has 1 N–H and O–H groups in total. The maximum Gasteiger partial charge on any atom is 0.287 e. The smallest absolute Gasteiger partial charge is 0.287 e. The van der Waals surface area contributed by atoms with E-state index >= 15 is 0 Å². The van der Waals surface area contributed by atoms with Crippen molar-refractivity contribution in [1.29, 1.82) is 0 Å². The van der Waals surface area contributed by atoms with Crippen molar-refractivity contribution in [3.63, 3.8) is 0 Å². The second-order valence-corrected chi connectivity index (χ2v) is 8.88. The SMILES string of the molecule is Cc1oc(C(=O)NC2CC3CCCCN3C2=O)cc1S(=O)(=O)N(C)C. The van der Waals surface area contributed by atoms with E-state index in [-0.39, 0.29) is 28.4 Å². The molecule has 1 aromatic rings. The molecule has 9 heteroatoms. The van der Waals surface area contributed by atoms with Gasteiger partial charge in [-0.25, -0.2) is 12.7 Å². The van der Waals surface area contributed by atoms with Crippen LogP contribution in [0.5, 0.6) is 0 Å². The lowest BCUT2D eigenvalue weighted by Gasteiger charge is -2.28. The van der Waals surface area contributed by atoms with Crippen LogP contribution < -0.4 is 5.32 Å². The first-order valence-corrected chi connectivity index (χ1v) is 9.80. The molecule has 0 aromatic carbocycles. The van der Waals surface area contributed by atoms with Crippen molar-refractivity contribution >= 4 is 21.8 Å². The summed E-state index contributed by atoms with van der Waals surface area (Å²) in [6.07, 6.45) is 3.64. The molecule has 2 unspecified atom stereocenters. The summed E-state index contributed by atoms with van der Waals surface area (Å²) in [5, 5.41) is 2.69. The molecule has 2 aliphatic heterocycles. The molecule has 2 atom stereocenters. The van der Waals surface area contributed by atoms with E-state index in [1.54, 1.807) is 0 Å². The molecule has 0 bridgehead atoms. The van der Waals surface area contributed by atoms with Crippen LogP contribution in [0.3, 0.4) is 0 Å². The van der Waals surface area contributed by atoms with Gasteiger partial charge in [-0.2, -0.15) is 0 Å². The Morgan fingerprint density at radius 2 is 2.08 bits per heavy atom. The van der Waals surface area contributed by atoms with Crippen LogP contribution >= 0.6 is 0 Å². The topological polar surface area (TPSA) is 99.9 Å². The average Bonchev–Trinajstić information content (AvgIpc) is 3.09. The Labute approximate surface area is 147 Å². The number of furan rings is 1. The van der Waals surface area contributed by atoms with Crippen molar-refractivity contribution < 1.29 is 22.4 Å². The minimum atomic E-state index is -3.69. The van der Waals surface area contributed by atoms with Crippen LogP contribution in [0.25, 0.3) is 0 Å². The molecule has 25 heavy (non-hydrogen) atoms. The van der Waals surface area contributed by atoms with Crippen molar-refractivity contribution in [2.75, 3.05) is 20.6 Å². The van der Waals surface area contributed by atoms with Crippen LogP contribution in [0.4, 0.5) is 0 Å². The molecule has 1 aromatic heterocycles. The highest BCUT2D eigenvalue weighted by molar-refractivity contribution is 7.89. The van der Waals surface area contributed by atoms with Crippen LogP contribution in [0.15, 0.2) is 15.4 Å². The Hall–Kier alpha value is -1.87. The molecule has 0 saturated carbocycles. The van der Waals surface area contributed by atoms with Gasteiger partial charge in [0.25, 0.3) is 5.91 Å². The Morgan fingerprint density at radius 1 is 1.36 bits per heavy atom. The van der Waals surface area contributed by atoms with Crippen LogP contribution in [-0.2, 0) is 14.8 Å². The van der Waals surface area contributed by atoms with E-state index in [2.05, 4.69) is 5.32 Å². The van der Waals surface area contributed by atoms with Crippen molar-refractivity contribution in [3.05, 3.63) is 17.6 Å². The van der Waals surface area contributed by atoms with Crippen molar-refractivity contribution in [2.24, 2.45) is 0 Å². The van der Waals surface area contributed by atoms with E-state index in [0.29, 0.717) is 6.42 Å². The molecule has 0 radical (unpaired) electrons. The molecule has 0 aliphatic carbocycles. The van der Waals surface area contributed by atoms with Crippen LogP contribution in [0, 0.1) is 6.92 Å². The van der Waals surface area contributed by atoms with Gasteiger partial charge >= 0.3 is 0 Å². The zero-order valence-corrected chi connectivity index (χ0v) is 15.4. The van der Waals surface area contributed by atoms with Gasteiger partial charge in [0.1, 0.15) is 16.7 Å². The summed E-state index contributed by atoms with van der Waals surface area (Å²) >= 11 is 0. The van der Waals surface area contributed by atoms with E-state index in [9.17, 15) is 18.0 Å². The van der Waals surface area contributed by atoms with Gasteiger partial charge in [-0.05, 0) is 32.6 Å². The summed E-state index contributed by atoms with van der Waals surface area (Å²) in [5.74, 6) is -0.589. The first-order valence-electron chi connectivity index (χ1n) is 8.36. The van der Waals surface area contributed by atoms with E-state index in [1.165, 1.54) is 27.1 Å². The fourth-order valence-electron chi connectivity index (χ4n) is 3.49. The van der Waals surface area contributed by atoms with E-state index in [1.807, 2.05) is 4.90 Å². The fraction of sp³-hybridized carbons (Fsp3) is 0.625. The number of nitrogens with zero attached hydrogens (tertiary/aromatic N) is 2. The normalized spacial score (nSPS) is 23.8. The number of fused-ring (bicyclic) bond motifs is 1. The third-order valence-corrected chi connectivity index (χ3v) is 6.80. The molecule has 2 amide bonds. The molecule has 0 spiro atoms. The third-order valence-electron chi connectivity index (χ3n) is 4.88. The Morgan fingerprint density at radius 3 is 2.72 bits per heavy atom. The summed E-state index contributed by atoms with van der Waals surface area (Å²) in [4.78, 5) is 26.6. The van der Waals surface area contributed by atoms with Crippen LogP contribution in [0.1, 0.15) is 42.0 Å². The van der Waals surface area contributed by atoms with Gasteiger partial charge in [0.05, 0.1) is 0 Å². The summed E-state index contributed by atoms with van der Waals surface area (Å²) in [6, 6.07) is 0.830. The lowest BCUT2D eigenvalue weighted by molar-refractivity contribution is -0.131. The molecule has 2 fully saturated rings. The highest BCUT2D eigenvalue weighted by Crippen LogP contribution is 2.28. The first kappa shape index (κ1) is 17.9. The molecule has 2 saturated heterocycles. The quantitative estimate of drug-likeness (QED) is 0.843. The third kappa shape index (κ3) is 3.18. The largest absolute Gasteiger partial charge is 0.455 e. The zero-order chi connectivity index (χ0) is 18.4. The number of hydrogen-bond acceptors (Lipinski definition) is 5. The zero-order valence-electron chi connectivity index (χ0n) is 14.6. The lowest BCUT2D eigenvalue weighted by Crippen LogP contribution is -2.43. The Bertz CT molecular complexity index is 799. The van der Waals surface area contributed by atoms with Crippen molar-refractivity contribution in [2.45, 2.75) is 49.6 Å². The van der Waals surface area contributed by atoms with E-state index in [4.69, 9.17) is 4.42 Å². The minimum Gasteiger partial charge on any atom is -0.455 e. The fourth-order valence-corrected chi connectivity index (χ4v) is 4.54. The van der Waals surface area contributed by atoms with E-state index < -0.39 is 22.0 Å². The van der Waals surface area contributed by atoms with Gasteiger partial charge < -0.3 is 14.6 Å². The number of piperidine rings is 1.